The highest BCUT2D eigenvalue weighted by molar-refractivity contribution is 6.31. The number of hydrogen-bond donors (Lipinski definition) is 1. The Morgan fingerprint density at radius 2 is 1.94 bits per heavy atom. The summed E-state index contributed by atoms with van der Waals surface area (Å²) in [4.78, 5) is 18.5. The van der Waals surface area contributed by atoms with Gasteiger partial charge in [0, 0.05) is 28.2 Å². The molecule has 0 spiro atoms. The summed E-state index contributed by atoms with van der Waals surface area (Å²) in [6, 6.07) is 13.8. The van der Waals surface area contributed by atoms with Gasteiger partial charge in [0.05, 0.1) is 13.2 Å². The van der Waals surface area contributed by atoms with Crippen molar-refractivity contribution < 1.29 is 14.3 Å². The Balaban J connectivity index is 1.62. The number of carbonyl (C=O) groups is 1. The van der Waals surface area contributed by atoms with Crippen LogP contribution in [0.1, 0.15) is 69.3 Å². The van der Waals surface area contributed by atoms with E-state index in [4.69, 9.17) is 21.1 Å². The normalized spacial score (nSPS) is 15.6. The summed E-state index contributed by atoms with van der Waals surface area (Å²) in [6.07, 6.45) is 5.18. The standard InChI is InChI=1S/C28H35ClN2O3/c1-4-5-6-7-16-33-22-11-8-20(9-12-22)27-26-23(24-17-21(29)10-13-25(24)30-26)14-15-31(27)28(32)34-18-19(2)3/h8-13,17,19,27,30H,4-7,14-16,18H2,1-3H3. The zero-order chi connectivity index (χ0) is 24.1. The summed E-state index contributed by atoms with van der Waals surface area (Å²) >= 11 is 6.30. The Morgan fingerprint density at radius 1 is 1.15 bits per heavy atom. The van der Waals surface area contributed by atoms with Gasteiger partial charge in [0.15, 0.2) is 0 Å². The van der Waals surface area contributed by atoms with Crippen LogP contribution in [0, 0.1) is 5.92 Å². The van der Waals surface area contributed by atoms with Crippen molar-refractivity contribution in [3.05, 3.63) is 64.3 Å². The molecule has 0 fully saturated rings. The molecule has 1 atom stereocenters. The maximum absolute atomic E-state index is 13.1. The second-order valence-electron chi connectivity index (χ2n) is 9.50. The second-order valence-corrected chi connectivity index (χ2v) is 9.94. The van der Waals surface area contributed by atoms with E-state index in [1.54, 1.807) is 0 Å². The molecule has 182 valence electrons. The number of carbonyl (C=O) groups excluding carboxylic acids is 1. The van der Waals surface area contributed by atoms with Crippen molar-refractivity contribution in [3.63, 3.8) is 0 Å². The van der Waals surface area contributed by atoms with E-state index in [-0.39, 0.29) is 18.1 Å². The molecule has 5 nitrogen and oxygen atoms in total. The van der Waals surface area contributed by atoms with Gasteiger partial charge >= 0.3 is 6.09 Å². The first-order chi connectivity index (χ1) is 16.5. The Kier molecular flexibility index (Phi) is 8.04. The number of nitrogens with one attached hydrogen (secondary N) is 1. The number of halogens is 1. The maximum atomic E-state index is 13.1. The van der Waals surface area contributed by atoms with Crippen molar-refractivity contribution in [1.29, 1.82) is 0 Å². The van der Waals surface area contributed by atoms with E-state index in [0.29, 0.717) is 18.2 Å². The highest BCUT2D eigenvalue weighted by Gasteiger charge is 2.35. The molecule has 1 aromatic heterocycles. The number of benzene rings is 2. The minimum Gasteiger partial charge on any atom is -0.494 e. The average Bonchev–Trinajstić information content (AvgIpc) is 3.20. The van der Waals surface area contributed by atoms with Gasteiger partial charge in [0.1, 0.15) is 11.8 Å². The molecule has 6 heteroatoms. The lowest BCUT2D eigenvalue weighted by atomic mass is 9.92. The Hall–Kier alpha value is -2.66. The predicted molar refractivity (Wildman–Crippen MR) is 138 cm³/mol. The zero-order valence-electron chi connectivity index (χ0n) is 20.4. The fourth-order valence-corrected chi connectivity index (χ4v) is 4.76. The third kappa shape index (κ3) is 5.52. The van der Waals surface area contributed by atoms with Crippen molar-refractivity contribution in [1.82, 2.24) is 9.88 Å². The highest BCUT2D eigenvalue weighted by atomic mass is 35.5. The quantitative estimate of drug-likeness (QED) is 0.321. The van der Waals surface area contributed by atoms with E-state index in [0.717, 1.165) is 47.4 Å². The first-order valence-electron chi connectivity index (χ1n) is 12.4. The fraction of sp³-hybridized carbons (Fsp3) is 0.464. The van der Waals surface area contributed by atoms with Gasteiger partial charge in [0.2, 0.25) is 0 Å². The number of aromatic amines is 1. The van der Waals surface area contributed by atoms with Crippen LogP contribution in [-0.4, -0.2) is 35.7 Å². The summed E-state index contributed by atoms with van der Waals surface area (Å²) in [5.74, 6) is 1.14. The molecule has 0 saturated carbocycles. The zero-order valence-corrected chi connectivity index (χ0v) is 21.2. The molecule has 0 aliphatic carbocycles. The monoisotopic (exact) mass is 482 g/mol. The van der Waals surface area contributed by atoms with Gasteiger partial charge in [-0.2, -0.15) is 0 Å². The van der Waals surface area contributed by atoms with Gasteiger partial charge in [-0.25, -0.2) is 4.79 Å². The van der Waals surface area contributed by atoms with E-state index in [9.17, 15) is 4.79 Å². The molecule has 1 unspecified atom stereocenters. The molecule has 1 aliphatic rings. The first kappa shape index (κ1) is 24.5. The number of ether oxygens (including phenoxy) is 2. The lowest BCUT2D eigenvalue weighted by Crippen LogP contribution is -2.41. The van der Waals surface area contributed by atoms with Crippen molar-refractivity contribution >= 4 is 28.6 Å². The SMILES string of the molecule is CCCCCCOc1ccc(C2c3[nH]c4ccc(Cl)cc4c3CCN2C(=O)OCC(C)C)cc1. The van der Waals surface area contributed by atoms with Crippen LogP contribution < -0.4 is 4.74 Å². The molecule has 0 radical (unpaired) electrons. The molecule has 0 bridgehead atoms. The predicted octanol–water partition coefficient (Wildman–Crippen LogP) is 7.52. The van der Waals surface area contributed by atoms with Crippen LogP contribution >= 0.6 is 11.6 Å². The van der Waals surface area contributed by atoms with Crippen LogP contribution in [0.5, 0.6) is 5.75 Å². The summed E-state index contributed by atoms with van der Waals surface area (Å²) < 4.78 is 11.6. The molecule has 2 heterocycles. The fourth-order valence-electron chi connectivity index (χ4n) is 4.59. The number of unbranched alkanes of at least 4 members (excludes halogenated alkanes) is 3. The van der Waals surface area contributed by atoms with Gasteiger partial charge in [-0.1, -0.05) is 63.8 Å². The number of aromatic nitrogens is 1. The molecular weight excluding hydrogens is 448 g/mol. The van der Waals surface area contributed by atoms with Crippen molar-refractivity contribution in [3.8, 4) is 5.75 Å². The van der Waals surface area contributed by atoms with Crippen molar-refractivity contribution in [2.75, 3.05) is 19.8 Å². The Labute approximate surface area is 207 Å². The summed E-state index contributed by atoms with van der Waals surface area (Å²) in [5, 5.41) is 1.83. The topological polar surface area (TPSA) is 54.6 Å². The van der Waals surface area contributed by atoms with Gasteiger partial charge < -0.3 is 14.5 Å². The van der Waals surface area contributed by atoms with Crippen LogP contribution in [-0.2, 0) is 11.2 Å². The van der Waals surface area contributed by atoms with E-state index in [2.05, 4.69) is 24.0 Å². The van der Waals surface area contributed by atoms with Crippen LogP contribution in [0.4, 0.5) is 4.79 Å². The molecule has 0 saturated heterocycles. The van der Waals surface area contributed by atoms with Gasteiger partial charge in [0.25, 0.3) is 0 Å². The van der Waals surface area contributed by atoms with Gasteiger partial charge in [-0.15, -0.1) is 0 Å². The molecule has 1 amide bonds. The number of rotatable bonds is 9. The number of amides is 1. The van der Waals surface area contributed by atoms with Crippen molar-refractivity contribution in [2.45, 2.75) is 58.9 Å². The largest absolute Gasteiger partial charge is 0.494 e. The molecule has 4 rings (SSSR count). The average molecular weight is 483 g/mol. The van der Waals surface area contributed by atoms with E-state index in [1.807, 2.05) is 49.1 Å². The number of nitrogens with zero attached hydrogens (tertiary/aromatic N) is 1. The third-order valence-corrected chi connectivity index (χ3v) is 6.56. The maximum Gasteiger partial charge on any atom is 0.410 e. The van der Waals surface area contributed by atoms with E-state index >= 15 is 0 Å². The van der Waals surface area contributed by atoms with Crippen LogP contribution in [0.3, 0.4) is 0 Å². The molecule has 3 aromatic rings. The summed E-state index contributed by atoms with van der Waals surface area (Å²) in [7, 11) is 0. The van der Waals surface area contributed by atoms with Crippen LogP contribution in [0.25, 0.3) is 10.9 Å². The Morgan fingerprint density at radius 3 is 2.68 bits per heavy atom. The summed E-state index contributed by atoms with van der Waals surface area (Å²) in [6.45, 7) is 8.01. The molecule has 1 aliphatic heterocycles. The van der Waals surface area contributed by atoms with Crippen LogP contribution in [0.2, 0.25) is 5.02 Å². The Bertz CT molecular complexity index is 1110. The van der Waals surface area contributed by atoms with E-state index < -0.39 is 0 Å². The van der Waals surface area contributed by atoms with Crippen LogP contribution in [0.15, 0.2) is 42.5 Å². The third-order valence-electron chi connectivity index (χ3n) is 6.33. The molecule has 1 N–H and O–H groups in total. The van der Waals surface area contributed by atoms with Crippen molar-refractivity contribution in [2.24, 2.45) is 5.92 Å². The first-order valence-corrected chi connectivity index (χ1v) is 12.8. The number of fused-ring (bicyclic) bond motifs is 3. The minimum absolute atomic E-state index is 0.256. The summed E-state index contributed by atoms with van der Waals surface area (Å²) in [5.41, 5.74) is 4.30. The number of hydrogen-bond acceptors (Lipinski definition) is 3. The lowest BCUT2D eigenvalue weighted by molar-refractivity contribution is 0.0797. The van der Waals surface area contributed by atoms with Gasteiger partial charge in [-0.3, -0.25) is 4.90 Å². The second kappa shape index (κ2) is 11.2. The van der Waals surface area contributed by atoms with Gasteiger partial charge in [-0.05, 0) is 60.2 Å². The molecule has 34 heavy (non-hydrogen) atoms. The molecule has 2 aromatic carbocycles. The highest BCUT2D eigenvalue weighted by Crippen LogP contribution is 2.39. The minimum atomic E-state index is -0.280. The molecular formula is C28H35ClN2O3. The lowest BCUT2D eigenvalue weighted by Gasteiger charge is -2.35. The smallest absolute Gasteiger partial charge is 0.410 e. The number of H-pyrrole nitrogens is 1. The van der Waals surface area contributed by atoms with E-state index in [1.165, 1.54) is 24.8 Å².